The summed E-state index contributed by atoms with van der Waals surface area (Å²) in [5.41, 5.74) is 1.35. The molecular formula is C19H17N5O4. The normalized spacial score (nSPS) is 10.9. The quantitative estimate of drug-likeness (QED) is 0.496. The van der Waals surface area contributed by atoms with Crippen molar-refractivity contribution in [2.75, 3.05) is 0 Å². The Hall–Kier alpha value is -3.75. The summed E-state index contributed by atoms with van der Waals surface area (Å²) in [6, 6.07) is 10.8. The Bertz CT molecular complexity index is 1020. The zero-order valence-electron chi connectivity index (χ0n) is 14.9. The first-order valence-electron chi connectivity index (χ1n) is 8.78. The minimum atomic E-state index is -0.0958. The van der Waals surface area contributed by atoms with Crippen molar-refractivity contribution in [3.63, 3.8) is 0 Å². The smallest absolute Gasteiger partial charge is 0.238 e. The summed E-state index contributed by atoms with van der Waals surface area (Å²) in [4.78, 5) is 20.5. The lowest BCUT2D eigenvalue weighted by atomic mass is 10.2. The summed E-state index contributed by atoms with van der Waals surface area (Å²) in [5.74, 6) is 1.88. The number of amides is 1. The van der Waals surface area contributed by atoms with Crippen LogP contribution >= 0.6 is 0 Å². The number of hydrogen-bond donors (Lipinski definition) is 1. The molecule has 0 fully saturated rings. The number of carbonyl (C=O) groups excluding carboxylic acids is 1. The van der Waals surface area contributed by atoms with E-state index in [9.17, 15) is 4.79 Å². The number of rotatable bonds is 8. The molecule has 0 aliphatic rings. The van der Waals surface area contributed by atoms with E-state index < -0.39 is 0 Å². The van der Waals surface area contributed by atoms with Crippen LogP contribution in [0.15, 0.2) is 62.3 Å². The van der Waals surface area contributed by atoms with Gasteiger partial charge in [0, 0.05) is 25.1 Å². The molecule has 9 nitrogen and oxygen atoms in total. The maximum atomic E-state index is 12.0. The summed E-state index contributed by atoms with van der Waals surface area (Å²) in [7, 11) is 0. The first kappa shape index (κ1) is 17.7. The summed E-state index contributed by atoms with van der Waals surface area (Å²) < 4.78 is 15.6. The molecule has 4 aromatic rings. The third-order valence-corrected chi connectivity index (χ3v) is 3.95. The maximum absolute atomic E-state index is 12.0. The lowest BCUT2D eigenvalue weighted by Crippen LogP contribution is -2.22. The average Bonchev–Trinajstić information content (AvgIpc) is 3.48. The molecular weight excluding hydrogens is 362 g/mol. The Balaban J connectivity index is 1.21. The molecule has 0 aromatic carbocycles. The minimum Gasteiger partial charge on any atom is -0.461 e. The Morgan fingerprint density at radius 1 is 1.07 bits per heavy atom. The summed E-state index contributed by atoms with van der Waals surface area (Å²) >= 11 is 0. The van der Waals surface area contributed by atoms with Crippen LogP contribution in [0.25, 0.3) is 23.0 Å². The monoisotopic (exact) mass is 379 g/mol. The van der Waals surface area contributed by atoms with Gasteiger partial charge in [0.15, 0.2) is 11.5 Å². The van der Waals surface area contributed by atoms with Crippen LogP contribution < -0.4 is 5.32 Å². The Morgan fingerprint density at radius 3 is 2.86 bits per heavy atom. The van der Waals surface area contributed by atoms with Crippen molar-refractivity contribution in [1.82, 2.24) is 25.6 Å². The van der Waals surface area contributed by atoms with Gasteiger partial charge in [-0.25, -0.2) is 0 Å². The van der Waals surface area contributed by atoms with Gasteiger partial charge in [0.1, 0.15) is 5.69 Å². The second kappa shape index (κ2) is 8.30. The molecule has 0 radical (unpaired) electrons. The van der Waals surface area contributed by atoms with Crippen LogP contribution in [-0.4, -0.2) is 26.2 Å². The van der Waals surface area contributed by atoms with E-state index in [1.807, 2.05) is 18.2 Å². The highest BCUT2D eigenvalue weighted by Gasteiger charge is 2.12. The number of aromatic nitrogens is 4. The average molecular weight is 379 g/mol. The largest absolute Gasteiger partial charge is 0.461 e. The molecule has 4 heterocycles. The van der Waals surface area contributed by atoms with Gasteiger partial charge in [-0.2, -0.15) is 4.98 Å². The molecule has 0 saturated carbocycles. The molecule has 9 heteroatoms. The van der Waals surface area contributed by atoms with Gasteiger partial charge in [-0.1, -0.05) is 16.4 Å². The molecule has 0 bridgehead atoms. The topological polar surface area (TPSA) is 120 Å². The third-order valence-electron chi connectivity index (χ3n) is 3.95. The van der Waals surface area contributed by atoms with E-state index in [1.165, 1.54) is 0 Å². The molecule has 1 N–H and O–H groups in total. The molecule has 4 aromatic heterocycles. The first-order valence-corrected chi connectivity index (χ1v) is 8.78. The van der Waals surface area contributed by atoms with Crippen LogP contribution in [0.5, 0.6) is 0 Å². The Labute approximate surface area is 159 Å². The van der Waals surface area contributed by atoms with Crippen LogP contribution in [0.3, 0.4) is 0 Å². The van der Waals surface area contributed by atoms with Crippen LogP contribution in [0.4, 0.5) is 0 Å². The standard InChI is InChI=1S/C19H17N5O4/c25-17(7-3-8-18-22-19(24-28-18)16-6-4-10-26-16)21-12-13-11-15(23-27-13)14-5-1-2-9-20-14/h1-2,4-6,9-11H,3,7-8,12H2,(H,21,25). The van der Waals surface area contributed by atoms with Crippen molar-refractivity contribution in [1.29, 1.82) is 0 Å². The van der Waals surface area contributed by atoms with E-state index in [0.29, 0.717) is 48.2 Å². The zero-order chi connectivity index (χ0) is 19.2. The SMILES string of the molecule is O=C(CCCc1nc(-c2ccco2)no1)NCc1cc(-c2ccccn2)no1. The van der Waals surface area contributed by atoms with Gasteiger partial charge in [-0.05, 0) is 30.7 Å². The van der Waals surface area contributed by atoms with E-state index in [4.69, 9.17) is 13.5 Å². The molecule has 28 heavy (non-hydrogen) atoms. The molecule has 0 saturated heterocycles. The Morgan fingerprint density at radius 2 is 2.04 bits per heavy atom. The van der Waals surface area contributed by atoms with Crippen molar-refractivity contribution in [3.05, 3.63) is 60.5 Å². The zero-order valence-corrected chi connectivity index (χ0v) is 14.9. The van der Waals surface area contributed by atoms with Crippen molar-refractivity contribution in [2.45, 2.75) is 25.8 Å². The number of hydrogen-bond acceptors (Lipinski definition) is 8. The van der Waals surface area contributed by atoms with Crippen LogP contribution in [0.1, 0.15) is 24.5 Å². The lowest BCUT2D eigenvalue weighted by Gasteiger charge is -2.01. The van der Waals surface area contributed by atoms with Crippen LogP contribution in [0, 0.1) is 0 Å². The second-order valence-corrected chi connectivity index (χ2v) is 6.01. The summed E-state index contributed by atoms with van der Waals surface area (Å²) in [5, 5.41) is 10.6. The molecule has 0 atom stereocenters. The summed E-state index contributed by atoms with van der Waals surface area (Å²) in [6.07, 6.45) is 4.66. The number of nitrogens with one attached hydrogen (secondary N) is 1. The fraction of sp³-hybridized carbons (Fsp3) is 0.211. The second-order valence-electron chi connectivity index (χ2n) is 6.01. The molecule has 0 spiro atoms. The highest BCUT2D eigenvalue weighted by atomic mass is 16.5. The van der Waals surface area contributed by atoms with E-state index in [0.717, 1.165) is 5.69 Å². The van der Waals surface area contributed by atoms with E-state index in [2.05, 4.69) is 25.6 Å². The van der Waals surface area contributed by atoms with E-state index >= 15 is 0 Å². The number of pyridine rings is 1. The highest BCUT2D eigenvalue weighted by molar-refractivity contribution is 5.75. The van der Waals surface area contributed by atoms with Crippen molar-refractivity contribution in [2.24, 2.45) is 0 Å². The maximum Gasteiger partial charge on any atom is 0.238 e. The first-order chi connectivity index (χ1) is 13.8. The predicted octanol–water partition coefficient (Wildman–Crippen LogP) is 3.02. The molecule has 142 valence electrons. The molecule has 1 amide bonds. The van der Waals surface area contributed by atoms with Crippen molar-refractivity contribution in [3.8, 4) is 23.0 Å². The van der Waals surface area contributed by atoms with Gasteiger partial charge in [0.05, 0.1) is 18.5 Å². The molecule has 0 aliphatic heterocycles. The minimum absolute atomic E-state index is 0.0958. The van der Waals surface area contributed by atoms with Gasteiger partial charge in [0.25, 0.3) is 0 Å². The van der Waals surface area contributed by atoms with E-state index in [1.54, 1.807) is 30.7 Å². The predicted molar refractivity (Wildman–Crippen MR) is 96.5 cm³/mol. The fourth-order valence-electron chi connectivity index (χ4n) is 2.57. The highest BCUT2D eigenvalue weighted by Crippen LogP contribution is 2.17. The molecule has 4 rings (SSSR count). The molecule has 0 aliphatic carbocycles. The third kappa shape index (κ3) is 4.32. The van der Waals surface area contributed by atoms with Crippen molar-refractivity contribution < 1.29 is 18.3 Å². The Kier molecular flexibility index (Phi) is 5.23. The van der Waals surface area contributed by atoms with Gasteiger partial charge in [-0.3, -0.25) is 9.78 Å². The molecule has 0 unspecified atom stereocenters. The fourth-order valence-corrected chi connectivity index (χ4v) is 2.57. The summed E-state index contributed by atoms with van der Waals surface area (Å²) in [6.45, 7) is 0.266. The van der Waals surface area contributed by atoms with Gasteiger partial charge >= 0.3 is 0 Å². The van der Waals surface area contributed by atoms with Crippen LogP contribution in [-0.2, 0) is 17.8 Å². The van der Waals surface area contributed by atoms with Gasteiger partial charge in [0.2, 0.25) is 17.6 Å². The number of furan rings is 1. The lowest BCUT2D eigenvalue weighted by molar-refractivity contribution is -0.121. The number of aryl methyl sites for hydroxylation is 1. The number of carbonyl (C=O) groups is 1. The van der Waals surface area contributed by atoms with Crippen LogP contribution in [0.2, 0.25) is 0 Å². The number of nitrogens with zero attached hydrogens (tertiary/aromatic N) is 4. The van der Waals surface area contributed by atoms with Gasteiger partial charge in [-0.15, -0.1) is 0 Å². The van der Waals surface area contributed by atoms with Crippen molar-refractivity contribution >= 4 is 5.91 Å². The van der Waals surface area contributed by atoms with E-state index in [-0.39, 0.29) is 12.5 Å². The van der Waals surface area contributed by atoms with Gasteiger partial charge < -0.3 is 18.8 Å².